The number of nitrogens with two attached hydrogens (primary N) is 1. The van der Waals surface area contributed by atoms with E-state index in [4.69, 9.17) is 10.5 Å². The average Bonchev–Trinajstić information content (AvgIpc) is 2.40. The van der Waals surface area contributed by atoms with E-state index in [1.54, 1.807) is 6.07 Å². The van der Waals surface area contributed by atoms with Crippen LogP contribution in [0.3, 0.4) is 0 Å². The fourth-order valence-corrected chi connectivity index (χ4v) is 3.15. The Kier molecular flexibility index (Phi) is 5.17. The topological polar surface area (TPSA) is 64.3 Å². The molecule has 0 spiro atoms. The number of amides is 1. The Hall–Kier alpha value is -1.36. The first-order valence-electron chi connectivity index (χ1n) is 6.94. The van der Waals surface area contributed by atoms with E-state index in [1.165, 1.54) is 19.3 Å². The molecule has 1 aliphatic carbocycles. The molecule has 0 heterocycles. The van der Waals surface area contributed by atoms with Crippen LogP contribution < -0.4 is 15.8 Å². The highest BCUT2D eigenvalue weighted by molar-refractivity contribution is 8.00. The molecule has 4 nitrogen and oxygen atoms in total. The van der Waals surface area contributed by atoms with Gasteiger partial charge >= 0.3 is 0 Å². The van der Waals surface area contributed by atoms with Crippen molar-refractivity contribution in [2.45, 2.75) is 30.4 Å². The molecule has 110 valence electrons. The molecule has 2 rings (SSSR count). The number of hydrogen-bond acceptors (Lipinski definition) is 4. The summed E-state index contributed by atoms with van der Waals surface area (Å²) in [4.78, 5) is 11.8. The smallest absolute Gasteiger partial charge is 0.223 e. The van der Waals surface area contributed by atoms with Crippen LogP contribution in [0.5, 0.6) is 5.75 Å². The molecule has 3 N–H and O–H groups in total. The molecule has 0 bridgehead atoms. The van der Waals surface area contributed by atoms with Gasteiger partial charge in [0.2, 0.25) is 5.91 Å². The second-order valence-corrected chi connectivity index (χ2v) is 6.43. The fourth-order valence-electron chi connectivity index (χ4n) is 2.24. The Morgan fingerprint density at radius 2 is 2.20 bits per heavy atom. The first-order chi connectivity index (χ1) is 9.65. The molecule has 1 aliphatic rings. The molecule has 1 fully saturated rings. The lowest BCUT2D eigenvalue weighted by molar-refractivity contribution is -0.121. The van der Waals surface area contributed by atoms with Gasteiger partial charge in [0.1, 0.15) is 5.75 Å². The lowest BCUT2D eigenvalue weighted by Crippen LogP contribution is -2.45. The third-order valence-corrected chi connectivity index (χ3v) is 5.23. The van der Waals surface area contributed by atoms with Crippen LogP contribution in [0, 0.1) is 0 Å². The molecular formula is C15H22N2O2S. The van der Waals surface area contributed by atoms with E-state index in [2.05, 4.69) is 11.6 Å². The summed E-state index contributed by atoms with van der Waals surface area (Å²) in [6.45, 7) is 1.12. The summed E-state index contributed by atoms with van der Waals surface area (Å²) in [6, 6.07) is 7.32. The summed E-state index contributed by atoms with van der Waals surface area (Å²) in [5.74, 6) is 0.680. The number of para-hydroxylation sites is 2. The Morgan fingerprint density at radius 3 is 2.80 bits per heavy atom. The van der Waals surface area contributed by atoms with Crippen LogP contribution in [0.2, 0.25) is 0 Å². The van der Waals surface area contributed by atoms with Crippen molar-refractivity contribution >= 4 is 23.4 Å². The number of thioether (sulfide) groups is 1. The van der Waals surface area contributed by atoms with Crippen molar-refractivity contribution in [2.75, 3.05) is 25.1 Å². The Bertz CT molecular complexity index is 455. The molecule has 0 saturated heterocycles. The van der Waals surface area contributed by atoms with Crippen LogP contribution >= 0.6 is 11.8 Å². The first kappa shape index (κ1) is 15.0. The fraction of sp³-hybridized carbons (Fsp3) is 0.533. The molecule has 1 saturated carbocycles. The van der Waals surface area contributed by atoms with E-state index in [9.17, 15) is 4.79 Å². The van der Waals surface area contributed by atoms with Crippen LogP contribution in [0.15, 0.2) is 24.3 Å². The van der Waals surface area contributed by atoms with Gasteiger partial charge in [-0.1, -0.05) is 18.6 Å². The highest BCUT2D eigenvalue weighted by Gasteiger charge is 2.36. The highest BCUT2D eigenvalue weighted by Crippen LogP contribution is 2.42. The highest BCUT2D eigenvalue weighted by atomic mass is 32.2. The maximum absolute atomic E-state index is 11.8. The summed E-state index contributed by atoms with van der Waals surface area (Å²) >= 11 is 1.86. The molecule has 0 radical (unpaired) electrons. The van der Waals surface area contributed by atoms with Crippen LogP contribution in [-0.4, -0.2) is 30.1 Å². The van der Waals surface area contributed by atoms with Crippen LogP contribution in [0.25, 0.3) is 0 Å². The van der Waals surface area contributed by atoms with Gasteiger partial charge in [0.15, 0.2) is 0 Å². The maximum Gasteiger partial charge on any atom is 0.223 e. The van der Waals surface area contributed by atoms with E-state index in [0.29, 0.717) is 24.5 Å². The summed E-state index contributed by atoms with van der Waals surface area (Å²) < 4.78 is 5.79. The maximum atomic E-state index is 11.8. The third kappa shape index (κ3) is 3.82. The number of anilines is 1. The second kappa shape index (κ2) is 6.88. The second-order valence-electron chi connectivity index (χ2n) is 5.15. The number of ether oxygens (including phenoxy) is 1. The molecule has 0 aliphatic heterocycles. The van der Waals surface area contributed by atoms with Crippen molar-refractivity contribution in [1.29, 1.82) is 0 Å². The number of nitrogen functional groups attached to an aromatic ring is 1. The summed E-state index contributed by atoms with van der Waals surface area (Å²) in [5, 5.41) is 3.01. The predicted molar refractivity (Wildman–Crippen MR) is 84.1 cm³/mol. The van der Waals surface area contributed by atoms with E-state index in [-0.39, 0.29) is 10.7 Å². The van der Waals surface area contributed by atoms with E-state index in [1.807, 2.05) is 30.0 Å². The summed E-state index contributed by atoms with van der Waals surface area (Å²) in [7, 11) is 0. The molecule has 20 heavy (non-hydrogen) atoms. The van der Waals surface area contributed by atoms with E-state index < -0.39 is 0 Å². The SMILES string of the molecule is CSC1(CNC(=O)CCOc2ccccc2N)CCC1. The first-order valence-corrected chi connectivity index (χ1v) is 8.17. The monoisotopic (exact) mass is 294 g/mol. The quantitative estimate of drug-likeness (QED) is 0.758. The molecular weight excluding hydrogens is 272 g/mol. The molecule has 0 unspecified atom stereocenters. The van der Waals surface area contributed by atoms with Gasteiger partial charge in [-0.25, -0.2) is 0 Å². The number of hydrogen-bond donors (Lipinski definition) is 2. The predicted octanol–water partition coefficient (Wildman–Crippen LogP) is 2.44. The zero-order valence-electron chi connectivity index (χ0n) is 11.9. The van der Waals surface area contributed by atoms with E-state index >= 15 is 0 Å². The molecule has 1 amide bonds. The van der Waals surface area contributed by atoms with Crippen LogP contribution in [0.4, 0.5) is 5.69 Å². The van der Waals surface area contributed by atoms with Crippen molar-refractivity contribution in [3.63, 3.8) is 0 Å². The van der Waals surface area contributed by atoms with Crippen LogP contribution in [-0.2, 0) is 4.79 Å². The van der Waals surface area contributed by atoms with Gasteiger partial charge in [-0.2, -0.15) is 11.8 Å². The number of nitrogens with one attached hydrogen (secondary N) is 1. The molecule has 1 aromatic carbocycles. The van der Waals surface area contributed by atoms with Gasteiger partial charge in [0, 0.05) is 11.3 Å². The molecule has 1 aromatic rings. The lowest BCUT2D eigenvalue weighted by atomic mass is 9.84. The van der Waals surface area contributed by atoms with Gasteiger partial charge in [-0.3, -0.25) is 4.79 Å². The lowest BCUT2D eigenvalue weighted by Gasteiger charge is -2.40. The third-order valence-electron chi connectivity index (χ3n) is 3.81. The van der Waals surface area contributed by atoms with Crippen molar-refractivity contribution < 1.29 is 9.53 Å². The summed E-state index contributed by atoms with van der Waals surface area (Å²) in [6.07, 6.45) is 6.15. The van der Waals surface area contributed by atoms with Crippen molar-refractivity contribution in [3.05, 3.63) is 24.3 Å². The zero-order valence-corrected chi connectivity index (χ0v) is 12.7. The van der Waals surface area contributed by atoms with Gasteiger partial charge in [0.25, 0.3) is 0 Å². The van der Waals surface area contributed by atoms with Gasteiger partial charge in [0.05, 0.1) is 18.7 Å². The normalized spacial score (nSPS) is 16.2. The average molecular weight is 294 g/mol. The Labute approximate surface area is 124 Å². The van der Waals surface area contributed by atoms with Crippen molar-refractivity contribution in [2.24, 2.45) is 0 Å². The number of benzene rings is 1. The number of carbonyl (C=O) groups is 1. The Morgan fingerprint density at radius 1 is 1.45 bits per heavy atom. The van der Waals surface area contributed by atoms with Crippen LogP contribution in [0.1, 0.15) is 25.7 Å². The van der Waals surface area contributed by atoms with Gasteiger partial charge in [-0.15, -0.1) is 0 Å². The zero-order chi connectivity index (χ0) is 14.4. The van der Waals surface area contributed by atoms with Gasteiger partial charge < -0.3 is 15.8 Å². The van der Waals surface area contributed by atoms with Crippen molar-refractivity contribution in [1.82, 2.24) is 5.32 Å². The number of carbonyl (C=O) groups excluding carboxylic acids is 1. The largest absolute Gasteiger partial charge is 0.491 e. The standard InChI is InChI=1S/C15H22N2O2S/c1-20-15(8-4-9-15)11-17-14(18)7-10-19-13-6-3-2-5-12(13)16/h2-3,5-6H,4,7-11,16H2,1H3,(H,17,18). The number of rotatable bonds is 7. The minimum atomic E-state index is 0.0415. The molecule has 0 atom stereocenters. The van der Waals surface area contributed by atoms with Crippen molar-refractivity contribution in [3.8, 4) is 5.75 Å². The van der Waals surface area contributed by atoms with E-state index in [0.717, 1.165) is 6.54 Å². The van der Waals surface area contributed by atoms with Gasteiger partial charge in [-0.05, 0) is 31.2 Å². The molecule has 0 aromatic heterocycles. The Balaban J connectivity index is 1.67. The minimum absolute atomic E-state index is 0.0415. The minimum Gasteiger partial charge on any atom is -0.491 e. The summed E-state index contributed by atoms with van der Waals surface area (Å²) in [5.41, 5.74) is 6.37. The molecule has 5 heteroatoms.